The van der Waals surface area contributed by atoms with Gasteiger partial charge in [-0.2, -0.15) is 20.2 Å². The number of aromatic nitrogens is 3. The van der Waals surface area contributed by atoms with Crippen LogP contribution in [-0.4, -0.2) is 20.9 Å². The van der Waals surface area contributed by atoms with Crippen molar-refractivity contribution < 1.29 is 4.79 Å². The number of anilines is 4. The maximum Gasteiger partial charge on any atom is 0.286 e. The second-order valence-electron chi connectivity index (χ2n) is 6.38. The number of hydrogen-bond donors (Lipinski definition) is 3. The molecule has 3 aromatic rings. The summed E-state index contributed by atoms with van der Waals surface area (Å²) >= 11 is 0. The normalized spacial score (nSPS) is 10.2. The molecule has 2 aromatic carbocycles. The lowest BCUT2D eigenvalue weighted by Crippen LogP contribution is -2.18. The summed E-state index contributed by atoms with van der Waals surface area (Å²) in [5.41, 5.74) is 10.6. The first-order valence-electron chi connectivity index (χ1n) is 8.53. The number of rotatable bonds is 5. The van der Waals surface area contributed by atoms with Gasteiger partial charge < -0.3 is 16.4 Å². The fraction of sp³-hybridized carbons (Fsp3) is 0.150. The molecular formula is C20H19N7O. The van der Waals surface area contributed by atoms with E-state index >= 15 is 0 Å². The molecule has 0 unspecified atom stereocenters. The minimum Gasteiger partial charge on any atom is -0.363 e. The number of nitrogens with two attached hydrogens (primary N) is 1. The molecule has 0 atom stereocenters. The summed E-state index contributed by atoms with van der Waals surface area (Å²) in [5, 5.41) is 15.0. The third-order valence-corrected chi connectivity index (χ3v) is 4.04. The minimum atomic E-state index is -0.759. The van der Waals surface area contributed by atoms with Crippen LogP contribution in [0.25, 0.3) is 0 Å². The molecule has 1 heterocycles. The average molecular weight is 373 g/mol. The molecular weight excluding hydrogens is 354 g/mol. The van der Waals surface area contributed by atoms with E-state index in [-0.39, 0.29) is 17.7 Å². The quantitative estimate of drug-likeness (QED) is 0.626. The summed E-state index contributed by atoms with van der Waals surface area (Å²) in [6.07, 6.45) is 0. The van der Waals surface area contributed by atoms with E-state index in [1.54, 1.807) is 24.3 Å². The topological polar surface area (TPSA) is 130 Å². The van der Waals surface area contributed by atoms with Gasteiger partial charge in [0, 0.05) is 11.4 Å². The molecule has 0 aliphatic carbocycles. The smallest absolute Gasteiger partial charge is 0.286 e. The molecule has 0 spiro atoms. The summed E-state index contributed by atoms with van der Waals surface area (Å²) in [5.74, 6) is -0.546. The van der Waals surface area contributed by atoms with Crippen LogP contribution >= 0.6 is 0 Å². The molecule has 8 heteroatoms. The Morgan fingerprint density at radius 2 is 1.54 bits per heavy atom. The Labute approximate surface area is 162 Å². The third-order valence-electron chi connectivity index (χ3n) is 4.04. The molecule has 8 nitrogen and oxygen atoms in total. The van der Waals surface area contributed by atoms with Crippen LogP contribution in [0.3, 0.4) is 0 Å². The van der Waals surface area contributed by atoms with E-state index in [0.29, 0.717) is 11.3 Å². The molecule has 0 radical (unpaired) electrons. The van der Waals surface area contributed by atoms with Gasteiger partial charge in [-0.1, -0.05) is 17.7 Å². The molecule has 28 heavy (non-hydrogen) atoms. The van der Waals surface area contributed by atoms with Gasteiger partial charge in [-0.25, -0.2) is 0 Å². The van der Waals surface area contributed by atoms with Crippen molar-refractivity contribution in [3.05, 3.63) is 64.5 Å². The summed E-state index contributed by atoms with van der Waals surface area (Å²) in [4.78, 5) is 24.2. The zero-order valence-electron chi connectivity index (χ0n) is 15.7. The van der Waals surface area contributed by atoms with Gasteiger partial charge in [0.05, 0.1) is 11.6 Å². The molecule has 3 rings (SSSR count). The molecule has 0 aliphatic rings. The van der Waals surface area contributed by atoms with Crippen molar-refractivity contribution in [1.82, 2.24) is 15.0 Å². The Morgan fingerprint density at radius 3 is 2.07 bits per heavy atom. The van der Waals surface area contributed by atoms with Gasteiger partial charge in [0.25, 0.3) is 5.91 Å². The number of carbonyl (C=O) groups is 1. The Hall–Kier alpha value is -3.99. The fourth-order valence-corrected chi connectivity index (χ4v) is 2.84. The molecule has 1 aromatic heterocycles. The first-order valence-corrected chi connectivity index (χ1v) is 8.53. The lowest BCUT2D eigenvalue weighted by molar-refractivity contribution is 0.0990. The summed E-state index contributed by atoms with van der Waals surface area (Å²) in [6.45, 7) is 5.99. The highest BCUT2D eigenvalue weighted by Crippen LogP contribution is 2.25. The van der Waals surface area contributed by atoms with Gasteiger partial charge in [-0.3, -0.25) is 4.79 Å². The van der Waals surface area contributed by atoms with Crippen molar-refractivity contribution in [2.24, 2.45) is 5.73 Å². The molecule has 0 saturated heterocycles. The highest BCUT2D eigenvalue weighted by molar-refractivity contribution is 5.89. The average Bonchev–Trinajstić information content (AvgIpc) is 2.65. The molecule has 4 N–H and O–H groups in total. The second-order valence-corrected chi connectivity index (χ2v) is 6.38. The van der Waals surface area contributed by atoms with Crippen LogP contribution in [0.5, 0.6) is 0 Å². The maximum atomic E-state index is 11.7. The first-order chi connectivity index (χ1) is 13.4. The minimum absolute atomic E-state index is 0.156. The van der Waals surface area contributed by atoms with Crippen molar-refractivity contribution in [3.63, 3.8) is 0 Å². The van der Waals surface area contributed by atoms with Crippen molar-refractivity contribution >= 4 is 29.2 Å². The zero-order valence-corrected chi connectivity index (χ0v) is 15.7. The summed E-state index contributed by atoms with van der Waals surface area (Å²) < 4.78 is 0. The van der Waals surface area contributed by atoms with Crippen LogP contribution in [-0.2, 0) is 0 Å². The van der Waals surface area contributed by atoms with Crippen molar-refractivity contribution in [2.75, 3.05) is 10.6 Å². The number of benzene rings is 2. The first kappa shape index (κ1) is 18.8. The fourth-order valence-electron chi connectivity index (χ4n) is 2.84. The number of amides is 1. The Bertz CT molecular complexity index is 1060. The number of nitrogens with zero attached hydrogens (tertiary/aromatic N) is 4. The molecule has 0 aliphatic heterocycles. The molecule has 0 fully saturated rings. The van der Waals surface area contributed by atoms with E-state index in [2.05, 4.69) is 31.7 Å². The predicted molar refractivity (Wildman–Crippen MR) is 107 cm³/mol. The van der Waals surface area contributed by atoms with Gasteiger partial charge in [0.15, 0.2) is 0 Å². The van der Waals surface area contributed by atoms with Gasteiger partial charge >= 0.3 is 0 Å². The zero-order chi connectivity index (χ0) is 20.3. The van der Waals surface area contributed by atoms with Crippen LogP contribution in [0, 0.1) is 32.1 Å². The van der Waals surface area contributed by atoms with Crippen LogP contribution < -0.4 is 16.4 Å². The summed E-state index contributed by atoms with van der Waals surface area (Å²) in [7, 11) is 0. The van der Waals surface area contributed by atoms with E-state index in [0.717, 1.165) is 22.4 Å². The molecule has 140 valence electrons. The standard InChI is InChI=1S/C20H19N7O/c1-11-8-12(2)16(13(3)9-11)24-20-26-18(17(22)28)25-19(27-20)23-15-6-4-14(10-21)5-7-15/h4-9H,1-3H3,(H2,22,28)(H2,23,24,25,26,27). The second kappa shape index (κ2) is 7.72. The number of nitrogens with one attached hydrogen (secondary N) is 2. The van der Waals surface area contributed by atoms with Crippen molar-refractivity contribution in [2.45, 2.75) is 20.8 Å². The Kier molecular flexibility index (Phi) is 5.18. The molecule has 0 bridgehead atoms. The van der Waals surface area contributed by atoms with E-state index < -0.39 is 5.91 Å². The Balaban J connectivity index is 1.95. The van der Waals surface area contributed by atoms with Crippen molar-refractivity contribution in [1.29, 1.82) is 5.26 Å². The number of aryl methyl sites for hydroxylation is 3. The highest BCUT2D eigenvalue weighted by atomic mass is 16.1. The van der Waals surface area contributed by atoms with Crippen LogP contribution in [0.15, 0.2) is 36.4 Å². The van der Waals surface area contributed by atoms with Gasteiger partial charge in [0.1, 0.15) is 0 Å². The molecule has 0 saturated carbocycles. The van der Waals surface area contributed by atoms with E-state index in [1.165, 1.54) is 0 Å². The van der Waals surface area contributed by atoms with E-state index in [9.17, 15) is 4.79 Å². The maximum absolute atomic E-state index is 11.7. The van der Waals surface area contributed by atoms with Gasteiger partial charge in [0.2, 0.25) is 17.7 Å². The number of hydrogen-bond acceptors (Lipinski definition) is 7. The Morgan fingerprint density at radius 1 is 0.964 bits per heavy atom. The van der Waals surface area contributed by atoms with Gasteiger partial charge in [-0.15, -0.1) is 0 Å². The lowest BCUT2D eigenvalue weighted by atomic mass is 10.1. The predicted octanol–water partition coefficient (Wildman–Crippen LogP) is 3.25. The monoisotopic (exact) mass is 373 g/mol. The van der Waals surface area contributed by atoms with Crippen LogP contribution in [0.4, 0.5) is 23.3 Å². The van der Waals surface area contributed by atoms with Crippen LogP contribution in [0.1, 0.15) is 32.9 Å². The summed E-state index contributed by atoms with van der Waals surface area (Å²) in [6, 6.07) is 12.9. The highest BCUT2D eigenvalue weighted by Gasteiger charge is 2.13. The van der Waals surface area contributed by atoms with Crippen molar-refractivity contribution in [3.8, 4) is 6.07 Å². The largest absolute Gasteiger partial charge is 0.363 e. The number of primary amides is 1. The number of carbonyl (C=O) groups excluding carboxylic acids is 1. The SMILES string of the molecule is Cc1cc(C)c(Nc2nc(Nc3ccc(C#N)cc3)nc(C(N)=O)n2)c(C)c1. The van der Waals surface area contributed by atoms with E-state index in [1.807, 2.05) is 32.9 Å². The number of nitriles is 1. The molecule has 1 amide bonds. The lowest BCUT2D eigenvalue weighted by Gasteiger charge is -2.14. The van der Waals surface area contributed by atoms with E-state index in [4.69, 9.17) is 11.0 Å². The van der Waals surface area contributed by atoms with Crippen LogP contribution in [0.2, 0.25) is 0 Å². The van der Waals surface area contributed by atoms with Gasteiger partial charge in [-0.05, 0) is 56.2 Å². The third kappa shape index (κ3) is 4.22.